The molecular formula is C9H9BrN2O2. The fourth-order valence-corrected chi connectivity index (χ4v) is 1.42. The van der Waals surface area contributed by atoms with E-state index in [9.17, 15) is 4.79 Å². The van der Waals surface area contributed by atoms with Crippen LogP contribution in [0.2, 0.25) is 0 Å². The van der Waals surface area contributed by atoms with Gasteiger partial charge in [0.1, 0.15) is 5.84 Å². The van der Waals surface area contributed by atoms with E-state index < -0.39 is 5.97 Å². The van der Waals surface area contributed by atoms with Crippen molar-refractivity contribution in [3.63, 3.8) is 0 Å². The molecular weight excluding hydrogens is 248 g/mol. The Morgan fingerprint density at radius 3 is 2.71 bits per heavy atom. The van der Waals surface area contributed by atoms with Gasteiger partial charge in [0.2, 0.25) is 0 Å². The van der Waals surface area contributed by atoms with Crippen LogP contribution in [0, 0.1) is 5.41 Å². The summed E-state index contributed by atoms with van der Waals surface area (Å²) in [6, 6.07) is 5.05. The molecule has 0 saturated heterocycles. The summed E-state index contributed by atoms with van der Waals surface area (Å²) in [4.78, 5) is 10.8. The maximum Gasteiger partial charge on any atom is 0.308 e. The number of carbonyl (C=O) groups excluding carboxylic acids is 1. The molecule has 0 aliphatic carbocycles. The predicted octanol–water partition coefficient (Wildman–Crippen LogP) is 1.66. The van der Waals surface area contributed by atoms with Gasteiger partial charge in [0.05, 0.1) is 10.0 Å². The van der Waals surface area contributed by atoms with Gasteiger partial charge in [0.25, 0.3) is 0 Å². The molecule has 4 nitrogen and oxygen atoms in total. The van der Waals surface area contributed by atoms with Crippen molar-refractivity contribution in [2.75, 3.05) is 0 Å². The summed E-state index contributed by atoms with van der Waals surface area (Å²) in [5, 5.41) is 7.28. The van der Waals surface area contributed by atoms with Gasteiger partial charge in [-0.2, -0.15) is 0 Å². The highest BCUT2D eigenvalue weighted by atomic mass is 79.9. The van der Waals surface area contributed by atoms with Gasteiger partial charge in [-0.25, -0.2) is 0 Å². The molecule has 74 valence electrons. The Hall–Kier alpha value is -1.36. The Labute approximate surface area is 89.7 Å². The van der Waals surface area contributed by atoms with Crippen LogP contribution in [0.4, 0.5) is 0 Å². The van der Waals surface area contributed by atoms with Gasteiger partial charge in [-0.3, -0.25) is 10.2 Å². The number of ether oxygens (including phenoxy) is 1. The molecule has 14 heavy (non-hydrogen) atoms. The molecule has 0 heterocycles. The minimum Gasteiger partial charge on any atom is -0.425 e. The van der Waals surface area contributed by atoms with E-state index in [1.807, 2.05) is 0 Å². The second kappa shape index (κ2) is 4.23. The van der Waals surface area contributed by atoms with E-state index in [4.69, 9.17) is 15.9 Å². The molecule has 0 aromatic heterocycles. The lowest BCUT2D eigenvalue weighted by Gasteiger charge is -2.08. The zero-order valence-corrected chi connectivity index (χ0v) is 9.09. The molecule has 1 rings (SSSR count). The summed E-state index contributed by atoms with van der Waals surface area (Å²) in [5.74, 6) is -0.297. The summed E-state index contributed by atoms with van der Waals surface area (Å²) in [6.45, 7) is 1.29. The molecule has 1 aromatic rings. The predicted molar refractivity (Wildman–Crippen MR) is 56.5 cm³/mol. The normalized spacial score (nSPS) is 9.57. The Balaban J connectivity index is 3.22. The van der Waals surface area contributed by atoms with Gasteiger partial charge in [-0.05, 0) is 28.1 Å². The first-order chi connectivity index (χ1) is 6.52. The van der Waals surface area contributed by atoms with Crippen molar-refractivity contribution >= 4 is 27.7 Å². The van der Waals surface area contributed by atoms with Crippen molar-refractivity contribution in [3.05, 3.63) is 28.2 Å². The zero-order valence-electron chi connectivity index (χ0n) is 7.50. The number of halogens is 1. The second-order valence-electron chi connectivity index (χ2n) is 2.62. The molecule has 0 unspecified atom stereocenters. The van der Waals surface area contributed by atoms with Crippen molar-refractivity contribution in [3.8, 4) is 5.75 Å². The Morgan fingerprint density at radius 2 is 2.21 bits per heavy atom. The molecule has 3 N–H and O–H groups in total. The second-order valence-corrected chi connectivity index (χ2v) is 3.48. The van der Waals surface area contributed by atoms with Gasteiger partial charge in [-0.15, -0.1) is 0 Å². The molecule has 5 heteroatoms. The molecule has 0 radical (unpaired) electrons. The van der Waals surface area contributed by atoms with E-state index in [1.165, 1.54) is 6.92 Å². The number of benzene rings is 1. The standard InChI is InChI=1S/C9H9BrN2O2/c1-5(13)14-8-6(9(11)12)3-2-4-7(8)10/h2-4H,1H3,(H3,11,12). The summed E-state index contributed by atoms with van der Waals surface area (Å²) >= 11 is 3.21. The number of amidine groups is 1. The van der Waals surface area contributed by atoms with Crippen LogP contribution in [0.5, 0.6) is 5.75 Å². The Bertz CT molecular complexity index is 390. The summed E-state index contributed by atoms with van der Waals surface area (Å²) in [7, 11) is 0. The number of carbonyl (C=O) groups is 1. The lowest BCUT2D eigenvalue weighted by Crippen LogP contribution is -2.14. The first-order valence-corrected chi connectivity index (χ1v) is 4.63. The largest absolute Gasteiger partial charge is 0.425 e. The third-order valence-electron chi connectivity index (χ3n) is 1.50. The highest BCUT2D eigenvalue weighted by molar-refractivity contribution is 9.10. The fraction of sp³-hybridized carbons (Fsp3) is 0.111. The van der Waals surface area contributed by atoms with Crippen LogP contribution in [-0.2, 0) is 4.79 Å². The minimum atomic E-state index is -0.445. The van der Waals surface area contributed by atoms with Crippen LogP contribution >= 0.6 is 15.9 Å². The molecule has 0 saturated carbocycles. The van der Waals surface area contributed by atoms with Crippen LogP contribution in [-0.4, -0.2) is 11.8 Å². The number of esters is 1. The minimum absolute atomic E-state index is 0.137. The van der Waals surface area contributed by atoms with Crippen LogP contribution in [0.15, 0.2) is 22.7 Å². The Kier molecular flexibility index (Phi) is 3.24. The third kappa shape index (κ3) is 2.32. The number of nitrogen functional groups attached to an aromatic ring is 1. The van der Waals surface area contributed by atoms with Gasteiger partial charge < -0.3 is 10.5 Å². The number of hydrogen-bond acceptors (Lipinski definition) is 3. The van der Waals surface area contributed by atoms with Gasteiger partial charge in [0.15, 0.2) is 5.75 Å². The summed E-state index contributed by atoms with van der Waals surface area (Å²) in [5.41, 5.74) is 5.73. The number of nitrogens with one attached hydrogen (secondary N) is 1. The first-order valence-electron chi connectivity index (χ1n) is 3.83. The monoisotopic (exact) mass is 256 g/mol. The zero-order chi connectivity index (χ0) is 10.7. The van der Waals surface area contributed by atoms with Gasteiger partial charge in [-0.1, -0.05) is 6.07 Å². The lowest BCUT2D eigenvalue weighted by atomic mass is 10.2. The van der Waals surface area contributed by atoms with Gasteiger partial charge >= 0.3 is 5.97 Å². The van der Waals surface area contributed by atoms with Crippen LogP contribution in [0.3, 0.4) is 0 Å². The lowest BCUT2D eigenvalue weighted by molar-refractivity contribution is -0.131. The van der Waals surface area contributed by atoms with Crippen LogP contribution < -0.4 is 10.5 Å². The quantitative estimate of drug-likeness (QED) is 0.366. The molecule has 0 bridgehead atoms. The van der Waals surface area contributed by atoms with Crippen molar-refractivity contribution in [2.24, 2.45) is 5.73 Å². The molecule has 1 aromatic carbocycles. The number of rotatable bonds is 2. The highest BCUT2D eigenvalue weighted by Crippen LogP contribution is 2.28. The average Bonchev–Trinajstić information content (AvgIpc) is 2.07. The van der Waals surface area contributed by atoms with Crippen molar-refractivity contribution in [1.29, 1.82) is 5.41 Å². The summed E-state index contributed by atoms with van der Waals surface area (Å²) < 4.78 is 5.53. The van der Waals surface area contributed by atoms with Crippen LogP contribution in [0.1, 0.15) is 12.5 Å². The third-order valence-corrected chi connectivity index (χ3v) is 2.13. The van der Waals surface area contributed by atoms with E-state index in [0.29, 0.717) is 10.0 Å². The molecule has 0 aliphatic heterocycles. The van der Waals surface area contributed by atoms with E-state index in [1.54, 1.807) is 18.2 Å². The molecule has 0 amide bonds. The summed E-state index contributed by atoms with van der Waals surface area (Å²) in [6.07, 6.45) is 0. The maximum absolute atomic E-state index is 10.8. The number of nitrogens with two attached hydrogens (primary N) is 1. The SMILES string of the molecule is CC(=O)Oc1c(Br)cccc1C(=N)N. The van der Waals surface area contributed by atoms with E-state index >= 15 is 0 Å². The van der Waals surface area contributed by atoms with Gasteiger partial charge in [0, 0.05) is 6.92 Å². The average molecular weight is 257 g/mol. The smallest absolute Gasteiger partial charge is 0.308 e. The molecule has 0 spiro atoms. The fourth-order valence-electron chi connectivity index (χ4n) is 0.968. The van der Waals surface area contributed by atoms with Crippen molar-refractivity contribution in [1.82, 2.24) is 0 Å². The number of para-hydroxylation sites is 1. The highest BCUT2D eigenvalue weighted by Gasteiger charge is 2.11. The maximum atomic E-state index is 10.8. The number of hydrogen-bond donors (Lipinski definition) is 2. The van der Waals surface area contributed by atoms with Crippen molar-refractivity contribution < 1.29 is 9.53 Å². The molecule has 0 aliphatic rings. The van der Waals surface area contributed by atoms with E-state index in [-0.39, 0.29) is 11.6 Å². The molecule has 0 atom stereocenters. The van der Waals surface area contributed by atoms with Crippen molar-refractivity contribution in [2.45, 2.75) is 6.92 Å². The molecule has 0 fully saturated rings. The van der Waals surface area contributed by atoms with E-state index in [2.05, 4.69) is 15.9 Å². The first kappa shape index (κ1) is 10.7. The van der Waals surface area contributed by atoms with E-state index in [0.717, 1.165) is 0 Å². The van der Waals surface area contributed by atoms with Crippen LogP contribution in [0.25, 0.3) is 0 Å². The topological polar surface area (TPSA) is 76.2 Å². The Morgan fingerprint density at radius 1 is 1.57 bits per heavy atom.